The molecule has 0 aliphatic rings. The summed E-state index contributed by atoms with van der Waals surface area (Å²) in [5, 5.41) is 0. The van der Waals surface area contributed by atoms with Crippen LogP contribution in [0.15, 0.2) is 48.5 Å². The number of benzene rings is 2. The van der Waals surface area contributed by atoms with Crippen LogP contribution in [0.25, 0.3) is 0 Å². The lowest BCUT2D eigenvalue weighted by Gasteiger charge is -2.26. The van der Waals surface area contributed by atoms with Gasteiger partial charge in [-0.05, 0) is 43.5 Å². The van der Waals surface area contributed by atoms with Gasteiger partial charge in [-0.3, -0.25) is 14.5 Å². The summed E-state index contributed by atoms with van der Waals surface area (Å²) in [4.78, 5) is 26.2. The van der Waals surface area contributed by atoms with E-state index in [-0.39, 0.29) is 0 Å². The summed E-state index contributed by atoms with van der Waals surface area (Å²) in [5.74, 6) is -1.21. The van der Waals surface area contributed by atoms with Gasteiger partial charge in [-0.25, -0.2) is 0 Å². The molecule has 0 spiro atoms. The monoisotopic (exact) mass is 452 g/mol. The Balaban J connectivity index is 2.06. The van der Waals surface area contributed by atoms with E-state index in [1.165, 1.54) is 56.3 Å². The number of carbonyl (C=O) groups excluding carboxylic acids is 2. The summed E-state index contributed by atoms with van der Waals surface area (Å²) in [5.41, 5.74) is 7.66. The van der Waals surface area contributed by atoms with Crippen LogP contribution in [0.3, 0.4) is 0 Å². The molecule has 33 heavy (non-hydrogen) atoms. The fraction of sp³-hybridized carbons (Fsp3) is 0.500. The third-order valence-corrected chi connectivity index (χ3v) is 5.85. The van der Waals surface area contributed by atoms with E-state index in [0.29, 0.717) is 23.7 Å². The first kappa shape index (κ1) is 26.4. The predicted molar refractivity (Wildman–Crippen MR) is 136 cm³/mol. The minimum atomic E-state index is -0.991. The topological polar surface area (TPSA) is 72.6 Å². The van der Waals surface area contributed by atoms with Gasteiger partial charge in [-0.1, -0.05) is 95.0 Å². The Bertz CT molecular complexity index is 866. The lowest BCUT2D eigenvalue weighted by Crippen LogP contribution is -2.38. The molecule has 0 atom stereocenters. The first-order valence-corrected chi connectivity index (χ1v) is 12.5. The second-order valence-corrected chi connectivity index (χ2v) is 8.47. The Labute approximate surface area is 199 Å². The molecule has 0 aliphatic carbocycles. The maximum Gasteiger partial charge on any atom is 0.320 e. The van der Waals surface area contributed by atoms with Crippen molar-refractivity contribution in [3.05, 3.63) is 54.1 Å². The van der Waals surface area contributed by atoms with E-state index < -0.39 is 11.8 Å². The van der Waals surface area contributed by atoms with E-state index in [0.717, 1.165) is 24.8 Å². The summed E-state index contributed by atoms with van der Waals surface area (Å²) in [6.07, 6.45) is 13.6. The zero-order valence-electron chi connectivity index (χ0n) is 20.4. The van der Waals surface area contributed by atoms with E-state index >= 15 is 0 Å². The minimum Gasteiger partial charge on any atom is -0.492 e. The number of aryl methyl sites for hydroxylation is 1. The highest BCUT2D eigenvalue weighted by Gasteiger charge is 2.27. The number of hydrogen-bond acceptors (Lipinski definition) is 3. The molecule has 5 nitrogen and oxygen atoms in total. The molecule has 2 rings (SSSR count). The van der Waals surface area contributed by atoms with Gasteiger partial charge in [-0.2, -0.15) is 0 Å². The number of rotatable bonds is 15. The number of unbranched alkanes of at least 4 members (excludes halogenated alkanes) is 9. The van der Waals surface area contributed by atoms with Gasteiger partial charge >= 0.3 is 11.8 Å². The van der Waals surface area contributed by atoms with Crippen molar-refractivity contribution in [3.63, 3.8) is 0 Å². The van der Waals surface area contributed by atoms with Gasteiger partial charge in [0.1, 0.15) is 5.75 Å². The van der Waals surface area contributed by atoms with Gasteiger partial charge in [0.15, 0.2) is 0 Å². The molecular formula is C28H40N2O3. The van der Waals surface area contributed by atoms with Crippen LogP contribution in [0.2, 0.25) is 0 Å². The summed E-state index contributed by atoms with van der Waals surface area (Å²) >= 11 is 0. The molecule has 0 saturated heterocycles. The van der Waals surface area contributed by atoms with E-state index in [1.54, 1.807) is 12.1 Å². The van der Waals surface area contributed by atoms with Gasteiger partial charge in [-0.15, -0.1) is 0 Å². The third kappa shape index (κ3) is 8.56. The number of ether oxygens (including phenoxy) is 1. The molecule has 2 N–H and O–H groups in total. The number of primary amides is 1. The Hall–Kier alpha value is -2.82. The van der Waals surface area contributed by atoms with Crippen molar-refractivity contribution in [1.29, 1.82) is 0 Å². The van der Waals surface area contributed by atoms with Crippen LogP contribution in [-0.2, 0) is 16.0 Å². The predicted octanol–water partition coefficient (Wildman–Crippen LogP) is 6.70. The smallest absolute Gasteiger partial charge is 0.320 e. The molecule has 0 heterocycles. The highest BCUT2D eigenvalue weighted by molar-refractivity contribution is 6.41. The van der Waals surface area contributed by atoms with Crippen molar-refractivity contribution in [2.45, 2.75) is 84.5 Å². The Kier molecular flexibility index (Phi) is 12.1. The highest BCUT2D eigenvalue weighted by Crippen LogP contribution is 2.36. The van der Waals surface area contributed by atoms with Crippen molar-refractivity contribution in [2.24, 2.45) is 5.73 Å². The molecule has 0 fully saturated rings. The van der Waals surface area contributed by atoms with Gasteiger partial charge < -0.3 is 10.5 Å². The zero-order chi connectivity index (χ0) is 23.9. The normalized spacial score (nSPS) is 10.7. The number of carbonyl (C=O) groups is 2. The molecule has 2 aromatic rings. The number of anilines is 2. The van der Waals surface area contributed by atoms with E-state index in [9.17, 15) is 9.59 Å². The third-order valence-electron chi connectivity index (χ3n) is 5.85. The Morgan fingerprint density at radius 2 is 1.30 bits per heavy atom. The van der Waals surface area contributed by atoms with Crippen LogP contribution in [0, 0.1) is 0 Å². The van der Waals surface area contributed by atoms with Crippen molar-refractivity contribution < 1.29 is 14.3 Å². The van der Waals surface area contributed by atoms with Crippen LogP contribution in [0.5, 0.6) is 5.75 Å². The minimum absolute atomic E-state index is 0.454. The molecule has 180 valence electrons. The van der Waals surface area contributed by atoms with E-state index in [4.69, 9.17) is 10.5 Å². The average Bonchev–Trinajstić information content (AvgIpc) is 2.82. The summed E-state index contributed by atoms with van der Waals surface area (Å²) < 4.78 is 5.73. The molecule has 0 aromatic heterocycles. The molecule has 5 heteroatoms. The van der Waals surface area contributed by atoms with Crippen LogP contribution in [0.1, 0.15) is 83.6 Å². The maximum atomic E-state index is 12.9. The highest BCUT2D eigenvalue weighted by atomic mass is 16.5. The number of nitrogens with two attached hydrogens (primary N) is 1. The van der Waals surface area contributed by atoms with Crippen LogP contribution in [0.4, 0.5) is 11.4 Å². The Morgan fingerprint density at radius 1 is 0.758 bits per heavy atom. The molecule has 0 bridgehead atoms. The van der Waals surface area contributed by atoms with Gasteiger partial charge in [0.05, 0.1) is 18.0 Å². The van der Waals surface area contributed by atoms with E-state index in [1.807, 2.05) is 43.3 Å². The van der Waals surface area contributed by atoms with Crippen LogP contribution < -0.4 is 15.4 Å². The molecule has 2 aromatic carbocycles. The fourth-order valence-electron chi connectivity index (χ4n) is 4.12. The SMILES string of the molecule is CCCCCCCCCCCCc1ccccc1N(C(=O)C(N)=O)c1ccccc1OCC. The second kappa shape index (κ2) is 15.1. The van der Waals surface area contributed by atoms with Gasteiger partial charge in [0.25, 0.3) is 0 Å². The Morgan fingerprint density at radius 3 is 1.91 bits per heavy atom. The lowest BCUT2D eigenvalue weighted by molar-refractivity contribution is -0.135. The quantitative estimate of drug-likeness (QED) is 0.241. The molecule has 0 unspecified atom stereocenters. The molecule has 0 saturated carbocycles. The lowest BCUT2D eigenvalue weighted by atomic mass is 10.0. The van der Waals surface area contributed by atoms with Gasteiger partial charge in [0.2, 0.25) is 0 Å². The summed E-state index contributed by atoms with van der Waals surface area (Å²) in [6.45, 7) is 4.59. The first-order valence-electron chi connectivity index (χ1n) is 12.5. The number of amides is 2. The zero-order valence-corrected chi connectivity index (χ0v) is 20.4. The number of para-hydroxylation sites is 3. The van der Waals surface area contributed by atoms with Crippen LogP contribution >= 0.6 is 0 Å². The van der Waals surface area contributed by atoms with Crippen molar-refractivity contribution >= 4 is 23.2 Å². The first-order chi connectivity index (χ1) is 16.1. The maximum absolute atomic E-state index is 12.9. The summed E-state index contributed by atoms with van der Waals surface area (Å²) in [6, 6.07) is 15.0. The molecule has 0 radical (unpaired) electrons. The number of nitrogens with zero attached hydrogens (tertiary/aromatic N) is 1. The molecular weight excluding hydrogens is 412 g/mol. The molecule has 2 amide bonds. The second-order valence-electron chi connectivity index (χ2n) is 8.47. The standard InChI is InChI=1S/C28H40N2O3/c1-3-5-6-7-8-9-10-11-12-13-18-23-19-14-15-20-24(23)30(28(32)27(29)31)25-21-16-17-22-26(25)33-4-2/h14-17,19-22H,3-13,18H2,1-2H3,(H2,29,31). The summed E-state index contributed by atoms with van der Waals surface area (Å²) in [7, 11) is 0. The van der Waals surface area contributed by atoms with Crippen LogP contribution in [-0.4, -0.2) is 18.4 Å². The number of hydrogen-bond donors (Lipinski definition) is 1. The van der Waals surface area contributed by atoms with Crippen molar-refractivity contribution in [1.82, 2.24) is 0 Å². The fourth-order valence-corrected chi connectivity index (χ4v) is 4.12. The van der Waals surface area contributed by atoms with E-state index in [2.05, 4.69) is 6.92 Å². The van der Waals surface area contributed by atoms with Gasteiger partial charge in [0, 0.05) is 0 Å². The largest absolute Gasteiger partial charge is 0.492 e. The molecule has 0 aliphatic heterocycles. The van der Waals surface area contributed by atoms with Crippen molar-refractivity contribution in [2.75, 3.05) is 11.5 Å². The van der Waals surface area contributed by atoms with Crippen molar-refractivity contribution in [3.8, 4) is 5.75 Å². The average molecular weight is 453 g/mol.